The maximum absolute atomic E-state index is 4.10. The molecule has 3 rings (SSSR count). The molecule has 0 saturated heterocycles. The van der Waals surface area contributed by atoms with Crippen LogP contribution in [0.5, 0.6) is 0 Å². The zero-order valence-corrected chi connectivity index (χ0v) is 11.7. The number of hydrogen-bond donors (Lipinski definition) is 1. The molecule has 1 N–H and O–H groups in total. The quantitative estimate of drug-likeness (QED) is 0.935. The van der Waals surface area contributed by atoms with Gasteiger partial charge in [0.1, 0.15) is 0 Å². The molecule has 2 nitrogen and oxygen atoms in total. The average Bonchev–Trinajstić information content (AvgIpc) is 2.94. The van der Waals surface area contributed by atoms with Gasteiger partial charge in [0.05, 0.1) is 5.51 Å². The first-order valence-electron chi connectivity index (χ1n) is 5.72. The molecule has 1 aromatic carbocycles. The number of thiazole rings is 1. The van der Waals surface area contributed by atoms with Gasteiger partial charge in [-0.25, -0.2) is 0 Å². The van der Waals surface area contributed by atoms with Gasteiger partial charge in [0.25, 0.3) is 0 Å². The zero-order valence-electron chi connectivity index (χ0n) is 9.32. The van der Waals surface area contributed by atoms with Crippen LogP contribution in [0.3, 0.4) is 0 Å². The number of aryl methyl sites for hydroxylation is 1. The van der Waals surface area contributed by atoms with Gasteiger partial charge in [-0.2, -0.15) is 0 Å². The third-order valence-corrected chi connectivity index (χ3v) is 4.46. The minimum Gasteiger partial charge on any atom is -0.305 e. The molecule has 2 aromatic rings. The SMILES string of the molecule is Brc1ccc2c(c1)C(NCc1cncs1)CC2. The maximum atomic E-state index is 4.10. The fourth-order valence-corrected chi connectivity index (χ4v) is 3.26. The molecule has 1 aliphatic rings. The number of halogens is 1. The Bertz CT molecular complexity index is 510. The fourth-order valence-electron chi connectivity index (χ4n) is 2.34. The van der Waals surface area contributed by atoms with Crippen LogP contribution < -0.4 is 5.32 Å². The van der Waals surface area contributed by atoms with E-state index in [1.54, 1.807) is 11.3 Å². The number of rotatable bonds is 3. The van der Waals surface area contributed by atoms with E-state index >= 15 is 0 Å². The van der Waals surface area contributed by atoms with Crippen LogP contribution in [0.25, 0.3) is 0 Å². The molecule has 0 amide bonds. The summed E-state index contributed by atoms with van der Waals surface area (Å²) in [4.78, 5) is 5.40. The summed E-state index contributed by atoms with van der Waals surface area (Å²) in [6.07, 6.45) is 4.32. The Hall–Kier alpha value is -0.710. The van der Waals surface area contributed by atoms with Gasteiger partial charge in [0, 0.05) is 28.1 Å². The van der Waals surface area contributed by atoms with E-state index in [0.29, 0.717) is 6.04 Å². The standard InChI is InChI=1S/C13H13BrN2S/c14-10-3-1-9-2-4-13(12(9)5-10)16-7-11-6-15-8-17-11/h1,3,5-6,8,13,16H,2,4,7H2. The van der Waals surface area contributed by atoms with E-state index in [1.807, 2.05) is 11.7 Å². The molecule has 17 heavy (non-hydrogen) atoms. The third kappa shape index (κ3) is 2.44. The molecule has 0 spiro atoms. The average molecular weight is 309 g/mol. The van der Waals surface area contributed by atoms with E-state index < -0.39 is 0 Å². The van der Waals surface area contributed by atoms with Gasteiger partial charge in [0.15, 0.2) is 0 Å². The fraction of sp³-hybridized carbons (Fsp3) is 0.308. The third-order valence-electron chi connectivity index (χ3n) is 3.19. The highest BCUT2D eigenvalue weighted by atomic mass is 79.9. The highest BCUT2D eigenvalue weighted by Crippen LogP contribution is 2.33. The van der Waals surface area contributed by atoms with E-state index in [2.05, 4.69) is 44.4 Å². The Labute approximate surface area is 113 Å². The molecule has 0 bridgehead atoms. The van der Waals surface area contributed by atoms with Gasteiger partial charge in [-0.05, 0) is 36.1 Å². The Morgan fingerprint density at radius 3 is 3.24 bits per heavy atom. The van der Waals surface area contributed by atoms with Crippen LogP contribution in [0, 0.1) is 0 Å². The van der Waals surface area contributed by atoms with Crippen LogP contribution in [0.15, 0.2) is 34.4 Å². The molecule has 88 valence electrons. The number of nitrogens with zero attached hydrogens (tertiary/aromatic N) is 1. The molecule has 1 aliphatic carbocycles. The van der Waals surface area contributed by atoms with Crippen molar-refractivity contribution in [3.05, 3.63) is 50.4 Å². The summed E-state index contributed by atoms with van der Waals surface area (Å²) in [5.41, 5.74) is 4.81. The smallest absolute Gasteiger partial charge is 0.0794 e. The summed E-state index contributed by atoms with van der Waals surface area (Å²) in [7, 11) is 0. The second kappa shape index (κ2) is 4.88. The number of aromatic nitrogens is 1. The van der Waals surface area contributed by atoms with Crippen molar-refractivity contribution in [1.29, 1.82) is 0 Å². The molecular weight excluding hydrogens is 296 g/mol. The molecule has 1 heterocycles. The summed E-state index contributed by atoms with van der Waals surface area (Å²) < 4.78 is 1.17. The molecular formula is C13H13BrN2S. The highest BCUT2D eigenvalue weighted by molar-refractivity contribution is 9.10. The molecule has 0 fully saturated rings. The lowest BCUT2D eigenvalue weighted by Gasteiger charge is -2.13. The zero-order chi connectivity index (χ0) is 11.7. The van der Waals surface area contributed by atoms with Crippen molar-refractivity contribution < 1.29 is 0 Å². The first-order chi connectivity index (χ1) is 8.33. The van der Waals surface area contributed by atoms with Gasteiger partial charge < -0.3 is 5.32 Å². The van der Waals surface area contributed by atoms with Crippen LogP contribution in [0.2, 0.25) is 0 Å². The number of fused-ring (bicyclic) bond motifs is 1. The normalized spacial score (nSPS) is 18.3. The van der Waals surface area contributed by atoms with Crippen molar-refractivity contribution in [2.45, 2.75) is 25.4 Å². The van der Waals surface area contributed by atoms with Gasteiger partial charge in [-0.15, -0.1) is 11.3 Å². The Morgan fingerprint density at radius 2 is 2.41 bits per heavy atom. The molecule has 0 radical (unpaired) electrons. The number of benzene rings is 1. The largest absolute Gasteiger partial charge is 0.305 e. The lowest BCUT2D eigenvalue weighted by Crippen LogP contribution is -2.18. The molecule has 0 saturated carbocycles. The predicted octanol–water partition coefficient (Wildman–Crippen LogP) is 3.68. The Kier molecular flexibility index (Phi) is 3.27. The first-order valence-corrected chi connectivity index (χ1v) is 7.39. The summed E-state index contributed by atoms with van der Waals surface area (Å²) in [5, 5.41) is 3.62. The van der Waals surface area contributed by atoms with Gasteiger partial charge in [-0.3, -0.25) is 4.98 Å². The van der Waals surface area contributed by atoms with Crippen molar-refractivity contribution in [2.24, 2.45) is 0 Å². The Morgan fingerprint density at radius 1 is 1.47 bits per heavy atom. The van der Waals surface area contributed by atoms with Crippen LogP contribution in [0.1, 0.15) is 28.5 Å². The monoisotopic (exact) mass is 308 g/mol. The summed E-state index contributed by atoms with van der Waals surface area (Å²) in [6, 6.07) is 7.09. The predicted molar refractivity (Wildman–Crippen MR) is 74.2 cm³/mol. The van der Waals surface area contributed by atoms with E-state index in [4.69, 9.17) is 0 Å². The van der Waals surface area contributed by atoms with Crippen molar-refractivity contribution in [1.82, 2.24) is 10.3 Å². The molecule has 1 unspecified atom stereocenters. The summed E-state index contributed by atoms with van der Waals surface area (Å²) in [5.74, 6) is 0. The van der Waals surface area contributed by atoms with Crippen LogP contribution in [0.4, 0.5) is 0 Å². The van der Waals surface area contributed by atoms with Crippen molar-refractivity contribution in [3.63, 3.8) is 0 Å². The number of nitrogens with one attached hydrogen (secondary N) is 1. The second-order valence-corrected chi connectivity index (χ2v) is 6.17. The summed E-state index contributed by atoms with van der Waals surface area (Å²) >= 11 is 5.25. The molecule has 1 aromatic heterocycles. The minimum absolute atomic E-state index is 0.490. The lowest BCUT2D eigenvalue weighted by atomic mass is 10.1. The highest BCUT2D eigenvalue weighted by Gasteiger charge is 2.21. The summed E-state index contributed by atoms with van der Waals surface area (Å²) in [6.45, 7) is 0.918. The number of hydrogen-bond acceptors (Lipinski definition) is 3. The minimum atomic E-state index is 0.490. The van der Waals surface area contributed by atoms with Crippen molar-refractivity contribution in [2.75, 3.05) is 0 Å². The van der Waals surface area contributed by atoms with Crippen LogP contribution in [-0.2, 0) is 13.0 Å². The van der Waals surface area contributed by atoms with Crippen molar-refractivity contribution >= 4 is 27.3 Å². The van der Waals surface area contributed by atoms with Gasteiger partial charge in [-0.1, -0.05) is 22.0 Å². The van der Waals surface area contributed by atoms with E-state index in [0.717, 1.165) is 6.54 Å². The molecule has 1 atom stereocenters. The molecule has 4 heteroatoms. The lowest BCUT2D eigenvalue weighted by molar-refractivity contribution is 0.533. The van der Waals surface area contributed by atoms with E-state index in [1.165, 1.54) is 33.3 Å². The van der Waals surface area contributed by atoms with Crippen LogP contribution >= 0.6 is 27.3 Å². The topological polar surface area (TPSA) is 24.9 Å². The van der Waals surface area contributed by atoms with E-state index in [-0.39, 0.29) is 0 Å². The Balaban J connectivity index is 1.73. The van der Waals surface area contributed by atoms with Gasteiger partial charge in [0.2, 0.25) is 0 Å². The first kappa shape index (κ1) is 11.4. The molecule has 0 aliphatic heterocycles. The van der Waals surface area contributed by atoms with Gasteiger partial charge >= 0.3 is 0 Å². The second-order valence-electron chi connectivity index (χ2n) is 4.28. The maximum Gasteiger partial charge on any atom is 0.0794 e. The van der Waals surface area contributed by atoms with Crippen LogP contribution in [-0.4, -0.2) is 4.98 Å². The van der Waals surface area contributed by atoms with E-state index in [9.17, 15) is 0 Å². The van der Waals surface area contributed by atoms with Crippen molar-refractivity contribution in [3.8, 4) is 0 Å².